The Balaban J connectivity index is 1.37. The Morgan fingerprint density at radius 1 is 0.941 bits per heavy atom. The molecule has 7 nitrogen and oxygen atoms in total. The van der Waals surface area contributed by atoms with Crippen molar-refractivity contribution in [3.8, 4) is 5.82 Å². The third-order valence-corrected chi connectivity index (χ3v) is 5.32. The molecule has 0 saturated carbocycles. The van der Waals surface area contributed by atoms with E-state index in [1.807, 2.05) is 26.8 Å². The fraction of sp³-hybridized carbons (Fsp3) is 0.120. The number of aryl methyl sites for hydroxylation is 1. The fourth-order valence-corrected chi connectivity index (χ4v) is 3.23. The number of carbonyl (C=O) groups is 1. The number of hydrogen-bond donors (Lipinski definition) is 2. The number of aromatic nitrogens is 4. The molecule has 0 bridgehead atoms. The zero-order chi connectivity index (χ0) is 24.2. The van der Waals surface area contributed by atoms with Crippen molar-refractivity contribution in [2.24, 2.45) is 0 Å². The Morgan fingerprint density at radius 3 is 2.32 bits per heavy atom. The van der Waals surface area contributed by atoms with E-state index in [9.17, 15) is 13.6 Å². The molecule has 1 amide bonds. The smallest absolute Gasteiger partial charge is 0.248 e. The van der Waals surface area contributed by atoms with Crippen molar-refractivity contribution >= 4 is 29.2 Å². The standard InChI is InChI=1S/C25H22F2N6O/c1-15-16(2)32-33(17(15)3)24-12-11-23(30-31-24)28-20-6-8-21(9-7-20)29-25(34)13-4-18-14-19(26)5-10-22(18)27/h4-14H,1-3H3,(H,28,30)(H,29,34)/b13-4+. The molecule has 34 heavy (non-hydrogen) atoms. The molecule has 0 radical (unpaired) electrons. The number of benzene rings is 2. The van der Waals surface area contributed by atoms with Crippen LogP contribution in [0.3, 0.4) is 0 Å². The predicted octanol–water partition coefficient (Wildman–Crippen LogP) is 5.26. The molecule has 4 rings (SSSR count). The first-order valence-electron chi connectivity index (χ1n) is 10.5. The van der Waals surface area contributed by atoms with E-state index in [1.165, 1.54) is 6.08 Å². The van der Waals surface area contributed by atoms with Gasteiger partial charge >= 0.3 is 0 Å². The average molecular weight is 460 g/mol. The molecule has 0 spiro atoms. The minimum atomic E-state index is -0.609. The molecule has 172 valence electrons. The van der Waals surface area contributed by atoms with Gasteiger partial charge in [-0.05, 0) is 87.0 Å². The Labute approximate surface area is 195 Å². The van der Waals surface area contributed by atoms with Gasteiger partial charge in [-0.15, -0.1) is 10.2 Å². The molecule has 0 saturated heterocycles. The Hall–Kier alpha value is -4.40. The molecule has 0 aliphatic carbocycles. The number of halogens is 2. The highest BCUT2D eigenvalue weighted by atomic mass is 19.1. The number of amides is 1. The lowest BCUT2D eigenvalue weighted by Crippen LogP contribution is -2.08. The van der Waals surface area contributed by atoms with Crippen molar-refractivity contribution in [2.75, 3.05) is 10.6 Å². The molecule has 2 N–H and O–H groups in total. The molecule has 0 unspecified atom stereocenters. The molecule has 0 aliphatic rings. The summed E-state index contributed by atoms with van der Waals surface area (Å²) in [5.74, 6) is -0.472. The normalized spacial score (nSPS) is 11.1. The van der Waals surface area contributed by atoms with Crippen LogP contribution in [0, 0.1) is 32.4 Å². The molecule has 4 aromatic rings. The maximum Gasteiger partial charge on any atom is 0.248 e. The van der Waals surface area contributed by atoms with Gasteiger partial charge < -0.3 is 10.6 Å². The summed E-state index contributed by atoms with van der Waals surface area (Å²) in [5.41, 5.74) is 4.37. The molecule has 0 atom stereocenters. The summed E-state index contributed by atoms with van der Waals surface area (Å²) in [6.45, 7) is 5.96. The van der Waals surface area contributed by atoms with Gasteiger partial charge in [0.2, 0.25) is 5.91 Å². The molecule has 0 fully saturated rings. The number of nitrogens with zero attached hydrogens (tertiary/aromatic N) is 4. The number of anilines is 3. The van der Waals surface area contributed by atoms with Crippen LogP contribution in [-0.4, -0.2) is 25.9 Å². The van der Waals surface area contributed by atoms with Gasteiger partial charge in [-0.25, -0.2) is 13.5 Å². The first-order valence-corrected chi connectivity index (χ1v) is 10.5. The molecular weight excluding hydrogens is 438 g/mol. The highest BCUT2D eigenvalue weighted by molar-refractivity contribution is 6.02. The van der Waals surface area contributed by atoms with Crippen molar-refractivity contribution in [3.63, 3.8) is 0 Å². The van der Waals surface area contributed by atoms with Crippen molar-refractivity contribution in [1.82, 2.24) is 20.0 Å². The van der Waals surface area contributed by atoms with E-state index in [0.717, 1.165) is 46.9 Å². The monoisotopic (exact) mass is 460 g/mol. The summed E-state index contributed by atoms with van der Waals surface area (Å²) in [4.78, 5) is 12.1. The Bertz CT molecular complexity index is 1360. The fourth-order valence-electron chi connectivity index (χ4n) is 3.23. The maximum atomic E-state index is 13.6. The van der Waals surface area contributed by atoms with Crippen LogP contribution < -0.4 is 10.6 Å². The second-order valence-electron chi connectivity index (χ2n) is 7.68. The summed E-state index contributed by atoms with van der Waals surface area (Å²) >= 11 is 0. The van der Waals surface area contributed by atoms with Gasteiger partial charge in [0.15, 0.2) is 11.6 Å². The second-order valence-corrected chi connectivity index (χ2v) is 7.68. The van der Waals surface area contributed by atoms with Crippen LogP contribution in [0.1, 0.15) is 22.5 Å². The van der Waals surface area contributed by atoms with Gasteiger partial charge in [0.1, 0.15) is 11.6 Å². The van der Waals surface area contributed by atoms with Crippen LogP contribution in [0.25, 0.3) is 11.9 Å². The van der Waals surface area contributed by atoms with E-state index in [1.54, 1.807) is 35.0 Å². The molecule has 2 heterocycles. The highest BCUT2D eigenvalue weighted by Gasteiger charge is 2.10. The molecule has 0 aliphatic heterocycles. The molecular formula is C25H22F2N6O. The van der Waals surface area contributed by atoms with E-state index in [2.05, 4.69) is 25.9 Å². The topological polar surface area (TPSA) is 84.7 Å². The zero-order valence-corrected chi connectivity index (χ0v) is 18.8. The quantitative estimate of drug-likeness (QED) is 0.384. The van der Waals surface area contributed by atoms with Crippen molar-refractivity contribution in [3.05, 3.63) is 94.8 Å². The van der Waals surface area contributed by atoms with E-state index in [-0.39, 0.29) is 5.56 Å². The van der Waals surface area contributed by atoms with Crippen LogP contribution in [0.15, 0.2) is 60.7 Å². The minimum absolute atomic E-state index is 0.00480. The Kier molecular flexibility index (Phi) is 6.44. The van der Waals surface area contributed by atoms with Gasteiger partial charge in [-0.3, -0.25) is 4.79 Å². The van der Waals surface area contributed by atoms with Gasteiger partial charge in [-0.1, -0.05) is 0 Å². The second kappa shape index (κ2) is 9.62. The summed E-state index contributed by atoms with van der Waals surface area (Å²) < 4.78 is 28.6. The summed E-state index contributed by atoms with van der Waals surface area (Å²) in [7, 11) is 0. The molecule has 2 aromatic carbocycles. The maximum absolute atomic E-state index is 13.6. The van der Waals surface area contributed by atoms with Crippen LogP contribution in [0.5, 0.6) is 0 Å². The number of hydrogen-bond acceptors (Lipinski definition) is 5. The van der Waals surface area contributed by atoms with Crippen molar-refractivity contribution < 1.29 is 13.6 Å². The molecule has 9 heteroatoms. The minimum Gasteiger partial charge on any atom is -0.339 e. The van der Waals surface area contributed by atoms with E-state index in [4.69, 9.17) is 0 Å². The SMILES string of the molecule is Cc1nn(-c2ccc(Nc3ccc(NC(=O)/C=C/c4cc(F)ccc4F)cc3)nn2)c(C)c1C. The summed E-state index contributed by atoms with van der Waals surface area (Å²) in [6.07, 6.45) is 2.37. The average Bonchev–Trinajstić information content (AvgIpc) is 3.08. The van der Waals surface area contributed by atoms with Gasteiger partial charge in [-0.2, -0.15) is 5.10 Å². The van der Waals surface area contributed by atoms with Crippen molar-refractivity contribution in [2.45, 2.75) is 20.8 Å². The predicted molar refractivity (Wildman–Crippen MR) is 127 cm³/mol. The Morgan fingerprint density at radius 2 is 1.68 bits per heavy atom. The van der Waals surface area contributed by atoms with Crippen LogP contribution in [-0.2, 0) is 4.79 Å². The largest absolute Gasteiger partial charge is 0.339 e. The van der Waals surface area contributed by atoms with E-state index >= 15 is 0 Å². The van der Waals surface area contributed by atoms with Crippen LogP contribution >= 0.6 is 0 Å². The van der Waals surface area contributed by atoms with Gasteiger partial charge in [0, 0.05) is 28.7 Å². The first-order chi connectivity index (χ1) is 16.3. The van der Waals surface area contributed by atoms with E-state index < -0.39 is 17.5 Å². The van der Waals surface area contributed by atoms with Crippen LogP contribution in [0.2, 0.25) is 0 Å². The third-order valence-electron chi connectivity index (χ3n) is 5.32. The lowest BCUT2D eigenvalue weighted by molar-refractivity contribution is -0.111. The lowest BCUT2D eigenvalue weighted by atomic mass is 10.2. The third kappa shape index (κ3) is 5.15. The first kappa shape index (κ1) is 22.8. The number of rotatable bonds is 6. The summed E-state index contributed by atoms with van der Waals surface area (Å²) in [5, 5.41) is 18.8. The lowest BCUT2D eigenvalue weighted by Gasteiger charge is -2.08. The highest BCUT2D eigenvalue weighted by Crippen LogP contribution is 2.19. The van der Waals surface area contributed by atoms with Gasteiger partial charge in [0.05, 0.1) is 5.69 Å². The van der Waals surface area contributed by atoms with E-state index in [0.29, 0.717) is 17.3 Å². The number of nitrogens with one attached hydrogen (secondary N) is 2. The van der Waals surface area contributed by atoms with Crippen molar-refractivity contribution in [1.29, 1.82) is 0 Å². The summed E-state index contributed by atoms with van der Waals surface area (Å²) in [6, 6.07) is 13.6. The zero-order valence-electron chi connectivity index (χ0n) is 18.8. The van der Waals surface area contributed by atoms with Crippen LogP contribution in [0.4, 0.5) is 26.0 Å². The van der Waals surface area contributed by atoms with Gasteiger partial charge in [0.25, 0.3) is 0 Å². The number of carbonyl (C=O) groups excluding carboxylic acids is 1. The molecule has 2 aromatic heterocycles.